The molecule has 0 aliphatic rings. The maximum absolute atomic E-state index is 11.3. The second kappa shape index (κ2) is 6.10. The van der Waals surface area contributed by atoms with Crippen LogP contribution in [0.25, 0.3) is 0 Å². The van der Waals surface area contributed by atoms with Crippen molar-refractivity contribution in [2.24, 2.45) is 0 Å². The number of hydrogen-bond donors (Lipinski definition) is 2. The molecule has 0 unspecified atom stereocenters. The summed E-state index contributed by atoms with van der Waals surface area (Å²) in [6, 6.07) is 5.26. The van der Waals surface area contributed by atoms with Crippen molar-refractivity contribution in [3.8, 4) is 11.5 Å². The number of phenolic OH excluding ortho intramolecular Hbond substituents is 1. The number of rotatable bonds is 5. The lowest BCUT2D eigenvalue weighted by Crippen LogP contribution is -2.32. The number of phenols is 1. The van der Waals surface area contributed by atoms with Crippen molar-refractivity contribution in [2.45, 2.75) is 6.54 Å². The minimum absolute atomic E-state index is 0.00705. The van der Waals surface area contributed by atoms with E-state index in [1.54, 1.807) is 32.3 Å². The van der Waals surface area contributed by atoms with Gasteiger partial charge < -0.3 is 20.1 Å². The summed E-state index contributed by atoms with van der Waals surface area (Å²) in [7, 11) is 4.90. The first-order valence-electron chi connectivity index (χ1n) is 5.32. The van der Waals surface area contributed by atoms with Crippen LogP contribution in [0.1, 0.15) is 5.56 Å². The number of nitrogens with zero attached hydrogens (tertiary/aromatic N) is 1. The number of amides is 1. The van der Waals surface area contributed by atoms with E-state index in [1.165, 1.54) is 12.0 Å². The third-order valence-corrected chi connectivity index (χ3v) is 2.39. The lowest BCUT2D eigenvalue weighted by Gasteiger charge is -2.12. The highest BCUT2D eigenvalue weighted by Gasteiger charge is 2.08. The SMILES string of the molecule is COc1cccc(CNCC(=O)N(C)C)c1O. The highest BCUT2D eigenvalue weighted by atomic mass is 16.5. The molecule has 5 nitrogen and oxygen atoms in total. The molecule has 0 saturated heterocycles. The molecule has 0 saturated carbocycles. The summed E-state index contributed by atoms with van der Waals surface area (Å²) >= 11 is 0. The van der Waals surface area contributed by atoms with Crippen LogP contribution in [0.15, 0.2) is 18.2 Å². The molecule has 1 aromatic rings. The summed E-state index contributed by atoms with van der Waals surface area (Å²) in [6.07, 6.45) is 0. The molecule has 0 heterocycles. The van der Waals surface area contributed by atoms with Crippen LogP contribution in [0.2, 0.25) is 0 Å². The zero-order valence-electron chi connectivity index (χ0n) is 10.4. The molecule has 2 N–H and O–H groups in total. The first kappa shape index (κ1) is 13.3. The predicted molar refractivity (Wildman–Crippen MR) is 65.1 cm³/mol. The molecule has 17 heavy (non-hydrogen) atoms. The van der Waals surface area contributed by atoms with E-state index in [4.69, 9.17) is 4.74 Å². The van der Waals surface area contributed by atoms with E-state index in [0.29, 0.717) is 17.9 Å². The molecule has 1 aromatic carbocycles. The van der Waals surface area contributed by atoms with Gasteiger partial charge in [-0.25, -0.2) is 0 Å². The Morgan fingerprint density at radius 3 is 2.76 bits per heavy atom. The van der Waals surface area contributed by atoms with Gasteiger partial charge in [0.2, 0.25) is 5.91 Å². The number of benzene rings is 1. The zero-order valence-corrected chi connectivity index (χ0v) is 10.4. The van der Waals surface area contributed by atoms with Crippen molar-refractivity contribution in [1.29, 1.82) is 0 Å². The van der Waals surface area contributed by atoms with Gasteiger partial charge in [0.15, 0.2) is 11.5 Å². The second-order valence-electron chi connectivity index (χ2n) is 3.86. The number of hydrogen-bond acceptors (Lipinski definition) is 4. The molecule has 0 aliphatic heterocycles. The smallest absolute Gasteiger partial charge is 0.236 e. The van der Waals surface area contributed by atoms with E-state index >= 15 is 0 Å². The van der Waals surface area contributed by atoms with E-state index in [0.717, 1.165) is 0 Å². The number of carbonyl (C=O) groups is 1. The first-order chi connectivity index (χ1) is 8.06. The van der Waals surface area contributed by atoms with E-state index in [2.05, 4.69) is 5.32 Å². The molecule has 0 atom stereocenters. The highest BCUT2D eigenvalue weighted by molar-refractivity contribution is 5.77. The summed E-state index contributed by atoms with van der Waals surface area (Å²) < 4.78 is 5.00. The van der Waals surface area contributed by atoms with Crippen LogP contribution in [0, 0.1) is 0 Å². The minimum Gasteiger partial charge on any atom is -0.504 e. The van der Waals surface area contributed by atoms with Gasteiger partial charge in [0.1, 0.15) is 0 Å². The average molecular weight is 238 g/mol. The third-order valence-electron chi connectivity index (χ3n) is 2.39. The molecule has 0 spiro atoms. The summed E-state index contributed by atoms with van der Waals surface area (Å²) in [5.74, 6) is 0.537. The quantitative estimate of drug-likeness (QED) is 0.787. The van der Waals surface area contributed by atoms with Gasteiger partial charge in [-0.15, -0.1) is 0 Å². The second-order valence-corrected chi connectivity index (χ2v) is 3.86. The Bertz CT molecular complexity index is 391. The van der Waals surface area contributed by atoms with Crippen molar-refractivity contribution in [1.82, 2.24) is 10.2 Å². The molecule has 94 valence electrons. The largest absolute Gasteiger partial charge is 0.504 e. The Balaban J connectivity index is 2.55. The van der Waals surface area contributed by atoms with E-state index < -0.39 is 0 Å². The van der Waals surface area contributed by atoms with Gasteiger partial charge in [-0.2, -0.15) is 0 Å². The molecular formula is C12H18N2O3. The van der Waals surface area contributed by atoms with Gasteiger partial charge in [-0.3, -0.25) is 4.79 Å². The van der Waals surface area contributed by atoms with Crippen molar-refractivity contribution >= 4 is 5.91 Å². The van der Waals surface area contributed by atoms with Crippen LogP contribution in [-0.2, 0) is 11.3 Å². The fourth-order valence-corrected chi connectivity index (χ4v) is 1.34. The monoisotopic (exact) mass is 238 g/mol. The van der Waals surface area contributed by atoms with Gasteiger partial charge >= 0.3 is 0 Å². The van der Waals surface area contributed by atoms with Gasteiger partial charge in [-0.1, -0.05) is 12.1 Å². The average Bonchev–Trinajstić information content (AvgIpc) is 2.31. The molecule has 1 amide bonds. The molecule has 1 rings (SSSR count). The van der Waals surface area contributed by atoms with Gasteiger partial charge in [0.05, 0.1) is 13.7 Å². The van der Waals surface area contributed by atoms with Gasteiger partial charge in [-0.05, 0) is 6.07 Å². The predicted octanol–water partition coefficient (Wildman–Crippen LogP) is 0.579. The molecule has 0 radical (unpaired) electrons. The number of methoxy groups -OCH3 is 1. The Hall–Kier alpha value is -1.75. The standard InChI is InChI=1S/C12H18N2O3/c1-14(2)11(15)8-13-7-9-5-4-6-10(17-3)12(9)16/h4-6,13,16H,7-8H2,1-3H3. The number of nitrogens with one attached hydrogen (secondary N) is 1. The van der Waals surface area contributed by atoms with Crippen molar-refractivity contribution in [3.05, 3.63) is 23.8 Å². The van der Waals surface area contributed by atoms with Crippen LogP contribution in [0.4, 0.5) is 0 Å². The van der Waals surface area contributed by atoms with Crippen LogP contribution in [0.5, 0.6) is 11.5 Å². The zero-order chi connectivity index (χ0) is 12.8. The molecule has 0 aliphatic carbocycles. The van der Waals surface area contributed by atoms with Crippen molar-refractivity contribution < 1.29 is 14.6 Å². The number of aromatic hydroxyl groups is 1. The number of para-hydroxylation sites is 1. The number of ether oxygens (including phenoxy) is 1. The summed E-state index contributed by atoms with van der Waals surface area (Å²) in [6.45, 7) is 0.659. The van der Waals surface area contributed by atoms with Crippen LogP contribution in [-0.4, -0.2) is 43.7 Å². The highest BCUT2D eigenvalue weighted by Crippen LogP contribution is 2.28. The van der Waals surface area contributed by atoms with E-state index in [9.17, 15) is 9.90 Å². The van der Waals surface area contributed by atoms with Crippen LogP contribution < -0.4 is 10.1 Å². The first-order valence-corrected chi connectivity index (χ1v) is 5.32. The van der Waals surface area contributed by atoms with Crippen molar-refractivity contribution in [3.63, 3.8) is 0 Å². The third kappa shape index (κ3) is 3.64. The lowest BCUT2D eigenvalue weighted by molar-refractivity contribution is -0.127. The Labute approximate surface area is 101 Å². The summed E-state index contributed by atoms with van der Waals surface area (Å²) in [5.41, 5.74) is 0.705. The Morgan fingerprint density at radius 2 is 2.18 bits per heavy atom. The molecular weight excluding hydrogens is 220 g/mol. The molecule has 0 fully saturated rings. The van der Waals surface area contributed by atoms with Gasteiger partial charge in [0, 0.05) is 26.2 Å². The molecule has 0 aromatic heterocycles. The Morgan fingerprint density at radius 1 is 1.47 bits per heavy atom. The maximum atomic E-state index is 11.3. The van der Waals surface area contributed by atoms with E-state index in [-0.39, 0.29) is 18.2 Å². The fraction of sp³-hybridized carbons (Fsp3) is 0.417. The molecule has 5 heteroatoms. The summed E-state index contributed by atoms with van der Waals surface area (Å²) in [4.78, 5) is 12.8. The number of likely N-dealkylation sites (N-methyl/N-ethyl adjacent to an activating group) is 1. The van der Waals surface area contributed by atoms with Gasteiger partial charge in [0.25, 0.3) is 0 Å². The normalized spacial score (nSPS) is 10.1. The van der Waals surface area contributed by atoms with Crippen molar-refractivity contribution in [2.75, 3.05) is 27.7 Å². The molecule has 0 bridgehead atoms. The van der Waals surface area contributed by atoms with Crippen LogP contribution in [0.3, 0.4) is 0 Å². The number of carbonyl (C=O) groups excluding carboxylic acids is 1. The summed E-state index contributed by atoms with van der Waals surface area (Å²) in [5, 5.41) is 12.8. The topological polar surface area (TPSA) is 61.8 Å². The minimum atomic E-state index is -0.00705. The Kier molecular flexibility index (Phi) is 4.78. The maximum Gasteiger partial charge on any atom is 0.236 e. The fourth-order valence-electron chi connectivity index (χ4n) is 1.34. The van der Waals surface area contributed by atoms with E-state index in [1.807, 2.05) is 0 Å². The van der Waals surface area contributed by atoms with Crippen LogP contribution >= 0.6 is 0 Å². The lowest BCUT2D eigenvalue weighted by atomic mass is 10.2.